The van der Waals surface area contributed by atoms with Crippen molar-refractivity contribution >= 4 is 5.91 Å². The summed E-state index contributed by atoms with van der Waals surface area (Å²) < 4.78 is 5.56. The van der Waals surface area contributed by atoms with E-state index in [1.165, 1.54) is 0 Å². The first-order chi connectivity index (χ1) is 9.51. The molecular weight excluding hydrogens is 254 g/mol. The quantitative estimate of drug-likeness (QED) is 0.816. The van der Waals surface area contributed by atoms with Crippen molar-refractivity contribution in [2.24, 2.45) is 0 Å². The number of ether oxygens (including phenoxy) is 1. The second-order valence-corrected chi connectivity index (χ2v) is 4.94. The Morgan fingerprint density at radius 3 is 2.60 bits per heavy atom. The lowest BCUT2D eigenvalue weighted by atomic mass is 10.2. The highest BCUT2D eigenvalue weighted by molar-refractivity contribution is 5.78. The minimum absolute atomic E-state index is 0.0147. The van der Waals surface area contributed by atoms with E-state index in [0.717, 1.165) is 5.75 Å². The molecule has 0 aliphatic heterocycles. The third-order valence-corrected chi connectivity index (χ3v) is 2.59. The van der Waals surface area contributed by atoms with Crippen molar-refractivity contribution in [1.29, 1.82) is 5.26 Å². The Morgan fingerprint density at radius 1 is 1.40 bits per heavy atom. The number of likely N-dealkylation sites (N-methyl/N-ethyl adjacent to an activating group) is 1. The molecule has 5 heteroatoms. The van der Waals surface area contributed by atoms with Gasteiger partial charge in [-0.1, -0.05) is 0 Å². The summed E-state index contributed by atoms with van der Waals surface area (Å²) in [5, 5.41) is 11.5. The Hall–Kier alpha value is -2.06. The fraction of sp³-hybridized carbons (Fsp3) is 0.467. The maximum absolute atomic E-state index is 11.5. The van der Waals surface area contributed by atoms with Crippen LogP contribution in [0.5, 0.6) is 5.75 Å². The van der Waals surface area contributed by atoms with Gasteiger partial charge in [-0.15, -0.1) is 0 Å². The Bertz CT molecular complexity index is 463. The van der Waals surface area contributed by atoms with Gasteiger partial charge in [-0.3, -0.25) is 9.69 Å². The van der Waals surface area contributed by atoms with Crippen LogP contribution in [0.1, 0.15) is 19.4 Å². The summed E-state index contributed by atoms with van der Waals surface area (Å²) in [4.78, 5) is 13.4. The van der Waals surface area contributed by atoms with Crippen molar-refractivity contribution in [3.63, 3.8) is 0 Å². The van der Waals surface area contributed by atoms with Crippen LogP contribution in [0, 0.1) is 11.3 Å². The van der Waals surface area contributed by atoms with Crippen molar-refractivity contribution in [1.82, 2.24) is 10.2 Å². The molecule has 0 unspecified atom stereocenters. The Labute approximate surface area is 120 Å². The molecule has 0 fully saturated rings. The molecular formula is C15H21N3O2. The van der Waals surface area contributed by atoms with Gasteiger partial charge >= 0.3 is 0 Å². The van der Waals surface area contributed by atoms with Crippen LogP contribution < -0.4 is 10.1 Å². The maximum atomic E-state index is 11.5. The topological polar surface area (TPSA) is 65.4 Å². The molecule has 0 atom stereocenters. The van der Waals surface area contributed by atoms with Crippen molar-refractivity contribution < 1.29 is 9.53 Å². The van der Waals surface area contributed by atoms with E-state index >= 15 is 0 Å². The Morgan fingerprint density at radius 2 is 2.05 bits per heavy atom. The van der Waals surface area contributed by atoms with E-state index in [0.29, 0.717) is 25.3 Å². The first-order valence-corrected chi connectivity index (χ1v) is 6.62. The Balaban J connectivity index is 2.26. The fourth-order valence-corrected chi connectivity index (χ4v) is 1.64. The van der Waals surface area contributed by atoms with Crippen LogP contribution in [0.2, 0.25) is 0 Å². The third-order valence-electron chi connectivity index (χ3n) is 2.59. The molecule has 5 nitrogen and oxygen atoms in total. The first kappa shape index (κ1) is 16.0. The average molecular weight is 275 g/mol. The minimum atomic E-state index is 0.0147. The van der Waals surface area contributed by atoms with E-state index in [1.54, 1.807) is 24.3 Å². The number of hydrogen-bond acceptors (Lipinski definition) is 4. The van der Waals surface area contributed by atoms with Crippen LogP contribution in [-0.4, -0.2) is 43.6 Å². The third kappa shape index (κ3) is 6.21. The SMILES string of the molecule is CC(C)NC(=O)CN(C)CCOc1ccc(C#N)cc1. The molecule has 1 amide bonds. The molecule has 108 valence electrons. The zero-order chi connectivity index (χ0) is 15.0. The van der Waals surface area contributed by atoms with Crippen LogP contribution >= 0.6 is 0 Å². The van der Waals surface area contributed by atoms with Crippen LogP contribution in [-0.2, 0) is 4.79 Å². The molecule has 1 aromatic carbocycles. The smallest absolute Gasteiger partial charge is 0.234 e. The standard InChI is InChI=1S/C15H21N3O2/c1-12(2)17-15(19)11-18(3)8-9-20-14-6-4-13(10-16)5-7-14/h4-7,12H,8-9,11H2,1-3H3,(H,17,19). The molecule has 20 heavy (non-hydrogen) atoms. The summed E-state index contributed by atoms with van der Waals surface area (Å²) in [6, 6.07) is 9.19. The lowest BCUT2D eigenvalue weighted by molar-refractivity contribution is -0.122. The van der Waals surface area contributed by atoms with Gasteiger partial charge in [0, 0.05) is 12.6 Å². The summed E-state index contributed by atoms with van der Waals surface area (Å²) in [5.41, 5.74) is 0.611. The molecule has 0 saturated carbocycles. The molecule has 1 N–H and O–H groups in total. The highest BCUT2D eigenvalue weighted by Gasteiger charge is 2.07. The minimum Gasteiger partial charge on any atom is -0.492 e. The van der Waals surface area contributed by atoms with Gasteiger partial charge in [0.2, 0.25) is 5.91 Å². The fourth-order valence-electron chi connectivity index (χ4n) is 1.64. The van der Waals surface area contributed by atoms with Crippen LogP contribution in [0.25, 0.3) is 0 Å². The van der Waals surface area contributed by atoms with Crippen molar-refractivity contribution in [2.45, 2.75) is 19.9 Å². The van der Waals surface area contributed by atoms with Crippen LogP contribution in [0.15, 0.2) is 24.3 Å². The molecule has 0 saturated heterocycles. The lowest BCUT2D eigenvalue weighted by Crippen LogP contribution is -2.39. The number of nitriles is 1. The molecule has 0 aliphatic carbocycles. The summed E-state index contributed by atoms with van der Waals surface area (Å²) in [7, 11) is 1.88. The van der Waals surface area contributed by atoms with Crippen LogP contribution in [0.4, 0.5) is 0 Å². The van der Waals surface area contributed by atoms with Gasteiger partial charge in [-0.05, 0) is 45.2 Å². The van der Waals surface area contributed by atoms with Gasteiger partial charge < -0.3 is 10.1 Å². The van der Waals surface area contributed by atoms with E-state index in [-0.39, 0.29) is 11.9 Å². The highest BCUT2D eigenvalue weighted by Crippen LogP contribution is 2.11. The predicted octanol–water partition coefficient (Wildman–Crippen LogP) is 1.39. The number of nitrogens with zero attached hydrogens (tertiary/aromatic N) is 2. The molecule has 0 aliphatic rings. The summed E-state index contributed by atoms with van der Waals surface area (Å²) in [6.45, 7) is 5.38. The van der Waals surface area contributed by atoms with Gasteiger partial charge in [0.15, 0.2) is 0 Å². The molecule has 0 radical (unpaired) electrons. The van der Waals surface area contributed by atoms with Crippen LogP contribution in [0.3, 0.4) is 0 Å². The maximum Gasteiger partial charge on any atom is 0.234 e. The monoisotopic (exact) mass is 275 g/mol. The zero-order valence-electron chi connectivity index (χ0n) is 12.2. The van der Waals surface area contributed by atoms with E-state index < -0.39 is 0 Å². The molecule has 1 aromatic rings. The molecule has 0 heterocycles. The van der Waals surface area contributed by atoms with Gasteiger partial charge in [0.1, 0.15) is 12.4 Å². The zero-order valence-corrected chi connectivity index (χ0v) is 12.2. The van der Waals surface area contributed by atoms with Crippen molar-refractivity contribution in [2.75, 3.05) is 26.7 Å². The second-order valence-electron chi connectivity index (χ2n) is 4.94. The number of carbonyl (C=O) groups is 1. The number of carbonyl (C=O) groups excluding carboxylic acids is 1. The van der Waals surface area contributed by atoms with Gasteiger partial charge in [-0.25, -0.2) is 0 Å². The van der Waals surface area contributed by atoms with Gasteiger partial charge in [0.05, 0.1) is 18.2 Å². The van der Waals surface area contributed by atoms with Crippen molar-refractivity contribution in [3.8, 4) is 11.8 Å². The number of rotatable bonds is 7. The molecule has 0 aromatic heterocycles. The molecule has 0 spiro atoms. The number of hydrogen-bond donors (Lipinski definition) is 1. The predicted molar refractivity (Wildman–Crippen MR) is 77.4 cm³/mol. The number of amides is 1. The number of nitrogens with one attached hydrogen (secondary N) is 1. The first-order valence-electron chi connectivity index (χ1n) is 6.62. The number of benzene rings is 1. The average Bonchev–Trinajstić information content (AvgIpc) is 2.38. The highest BCUT2D eigenvalue weighted by atomic mass is 16.5. The van der Waals surface area contributed by atoms with Gasteiger partial charge in [0.25, 0.3) is 0 Å². The normalized spacial score (nSPS) is 10.4. The second kappa shape index (κ2) is 8.18. The molecule has 1 rings (SSSR count). The van der Waals surface area contributed by atoms with E-state index in [2.05, 4.69) is 11.4 Å². The van der Waals surface area contributed by atoms with E-state index in [9.17, 15) is 4.79 Å². The Kier molecular flexibility index (Phi) is 6.54. The van der Waals surface area contributed by atoms with E-state index in [1.807, 2.05) is 25.8 Å². The van der Waals surface area contributed by atoms with E-state index in [4.69, 9.17) is 10.00 Å². The summed E-state index contributed by atoms with van der Waals surface area (Å²) in [5.74, 6) is 0.741. The van der Waals surface area contributed by atoms with Crippen molar-refractivity contribution in [3.05, 3.63) is 29.8 Å². The lowest BCUT2D eigenvalue weighted by Gasteiger charge is -2.17. The van der Waals surface area contributed by atoms with Gasteiger partial charge in [-0.2, -0.15) is 5.26 Å². The molecule has 0 bridgehead atoms. The summed E-state index contributed by atoms with van der Waals surface area (Å²) in [6.07, 6.45) is 0. The largest absolute Gasteiger partial charge is 0.492 e. The summed E-state index contributed by atoms with van der Waals surface area (Å²) >= 11 is 0.